The van der Waals surface area contributed by atoms with Gasteiger partial charge in [0.05, 0.1) is 33.2 Å². The molecule has 0 aliphatic carbocycles. The van der Waals surface area contributed by atoms with Gasteiger partial charge in [0.2, 0.25) is 0 Å². The summed E-state index contributed by atoms with van der Waals surface area (Å²) in [6.45, 7) is 11.4. The van der Waals surface area contributed by atoms with Crippen molar-refractivity contribution < 1.29 is 9.59 Å². The minimum Gasteiger partial charge on any atom is -0.268 e. The molecule has 2 aromatic carbocycles. The van der Waals surface area contributed by atoms with Crippen molar-refractivity contribution in [3.05, 3.63) is 94.9 Å². The van der Waals surface area contributed by atoms with Gasteiger partial charge in [-0.25, -0.2) is 9.97 Å². The summed E-state index contributed by atoms with van der Waals surface area (Å²) in [5.41, 5.74) is 5.85. The van der Waals surface area contributed by atoms with Crippen molar-refractivity contribution in [3.8, 4) is 33.9 Å². The molecule has 36 heavy (non-hydrogen) atoms. The zero-order valence-electron chi connectivity index (χ0n) is 19.9. The summed E-state index contributed by atoms with van der Waals surface area (Å²) < 4.78 is 3.27. The Morgan fingerprint density at radius 3 is 1.97 bits per heavy atom. The van der Waals surface area contributed by atoms with Gasteiger partial charge in [0.25, 0.3) is 11.8 Å². The van der Waals surface area contributed by atoms with Crippen LogP contribution < -0.4 is 10.7 Å². The summed E-state index contributed by atoms with van der Waals surface area (Å²) in [5, 5.41) is 1.47. The summed E-state index contributed by atoms with van der Waals surface area (Å²) in [7, 11) is 0. The number of imidazole rings is 2. The highest BCUT2D eigenvalue weighted by molar-refractivity contribution is 6.11. The van der Waals surface area contributed by atoms with Crippen LogP contribution >= 0.6 is 0 Å². The van der Waals surface area contributed by atoms with Crippen LogP contribution in [0.25, 0.3) is 58.2 Å². The molecule has 0 saturated carbocycles. The van der Waals surface area contributed by atoms with E-state index in [1.54, 1.807) is 27.4 Å². The Hall–Kier alpha value is -4.84. The molecule has 6 nitrogen and oxygen atoms in total. The molecule has 4 heterocycles. The number of carbonyl (C=O) groups is 2. The van der Waals surface area contributed by atoms with Crippen LogP contribution in [0.1, 0.15) is 46.0 Å². The second-order valence-electron chi connectivity index (χ2n) is 8.61. The van der Waals surface area contributed by atoms with E-state index in [0.29, 0.717) is 28.5 Å². The normalized spacial score (nSPS) is 14.4. The van der Waals surface area contributed by atoms with Gasteiger partial charge in [0.15, 0.2) is 0 Å². The first-order chi connectivity index (χ1) is 17.5. The molecule has 0 amide bonds. The lowest BCUT2D eigenvalue weighted by atomic mass is 9.96. The van der Waals surface area contributed by atoms with Gasteiger partial charge in [-0.15, -0.1) is 0 Å². The number of carbonyl (C=O) groups excluding carboxylic acids is 2. The van der Waals surface area contributed by atoms with E-state index < -0.39 is 0 Å². The van der Waals surface area contributed by atoms with Gasteiger partial charge in [0.1, 0.15) is 11.6 Å². The second-order valence-corrected chi connectivity index (χ2v) is 8.61. The molecule has 2 aliphatic rings. The molecular weight excluding hydrogens is 448 g/mol. The molecule has 0 atom stereocenters. The summed E-state index contributed by atoms with van der Waals surface area (Å²) >= 11 is 0. The van der Waals surface area contributed by atoms with Crippen LogP contribution in [0, 0.1) is 0 Å². The topological polar surface area (TPSA) is 69.8 Å². The number of hydrogen-bond donors (Lipinski definition) is 0. The van der Waals surface area contributed by atoms with Crippen LogP contribution in [0.2, 0.25) is 0 Å². The summed E-state index contributed by atoms with van der Waals surface area (Å²) in [4.78, 5) is 36.1. The zero-order valence-corrected chi connectivity index (χ0v) is 19.9. The monoisotopic (exact) mass is 470 g/mol. The molecular formula is C30H22N4O2. The van der Waals surface area contributed by atoms with E-state index >= 15 is 0 Å². The van der Waals surface area contributed by atoms with Crippen molar-refractivity contribution in [1.29, 1.82) is 0 Å². The van der Waals surface area contributed by atoms with Crippen molar-refractivity contribution in [2.75, 3.05) is 0 Å². The maximum absolute atomic E-state index is 13.4. The molecule has 0 fully saturated rings. The number of benzene rings is 2. The first-order valence-corrected chi connectivity index (χ1v) is 11.7. The van der Waals surface area contributed by atoms with E-state index in [9.17, 15) is 9.59 Å². The Morgan fingerprint density at radius 2 is 1.42 bits per heavy atom. The number of fused-ring (bicyclic) bond motifs is 6. The lowest BCUT2D eigenvalue weighted by molar-refractivity contribution is 0.0959. The van der Waals surface area contributed by atoms with E-state index in [1.807, 2.05) is 68.5 Å². The van der Waals surface area contributed by atoms with Crippen LogP contribution in [0.3, 0.4) is 0 Å². The quantitative estimate of drug-likeness (QED) is 0.380. The van der Waals surface area contributed by atoms with E-state index in [4.69, 9.17) is 0 Å². The minimum atomic E-state index is -0.124. The largest absolute Gasteiger partial charge is 0.268 e. The first-order valence-electron chi connectivity index (χ1n) is 11.7. The highest BCUT2D eigenvalue weighted by atomic mass is 16.2. The highest BCUT2D eigenvalue weighted by Crippen LogP contribution is 2.38. The van der Waals surface area contributed by atoms with E-state index in [-0.39, 0.29) is 11.8 Å². The molecule has 0 bridgehead atoms. The standard InChI is InChI=1S/C30H22N4O2/c1-5-9-25-23(7-3)31-27-19-13-11-17(15-21(19)29(35)33(25)27)18-12-14-20-22(16-18)30(36)34-26(10-6-2)24(8-4)32-28(20)34/h5-16H,1,4H2,2-3H3/b10-6-,23-7+,25-9+. The third-order valence-electron chi connectivity index (χ3n) is 6.67. The Morgan fingerprint density at radius 1 is 0.806 bits per heavy atom. The Kier molecular flexibility index (Phi) is 4.73. The van der Waals surface area contributed by atoms with Crippen molar-refractivity contribution in [1.82, 2.24) is 19.1 Å². The molecule has 0 radical (unpaired) electrons. The van der Waals surface area contributed by atoms with Crippen molar-refractivity contribution >= 4 is 36.1 Å². The molecule has 6 heteroatoms. The number of nitrogens with zero attached hydrogens (tertiary/aromatic N) is 4. The smallest absolute Gasteiger partial charge is 0.264 e. The van der Waals surface area contributed by atoms with Gasteiger partial charge >= 0.3 is 0 Å². The number of hydrogen-bond acceptors (Lipinski definition) is 4. The van der Waals surface area contributed by atoms with Crippen molar-refractivity contribution in [2.24, 2.45) is 0 Å². The van der Waals surface area contributed by atoms with Crippen LogP contribution in [0.5, 0.6) is 0 Å². The summed E-state index contributed by atoms with van der Waals surface area (Å²) in [5.74, 6) is 1.00. The number of rotatable bonds is 4. The highest BCUT2D eigenvalue weighted by Gasteiger charge is 2.32. The van der Waals surface area contributed by atoms with Crippen LogP contribution in [-0.2, 0) is 0 Å². The summed E-state index contributed by atoms with van der Waals surface area (Å²) in [6.07, 6.45) is 10.7. The maximum Gasteiger partial charge on any atom is 0.264 e. The average molecular weight is 471 g/mol. The van der Waals surface area contributed by atoms with E-state index in [0.717, 1.165) is 38.6 Å². The lowest BCUT2D eigenvalue weighted by Crippen LogP contribution is -2.32. The number of aromatic nitrogens is 4. The van der Waals surface area contributed by atoms with Gasteiger partial charge in [-0.05, 0) is 67.5 Å². The Labute approximate surface area is 207 Å². The molecule has 4 aromatic rings. The fraction of sp³-hybridized carbons (Fsp3) is 0.0667. The molecule has 6 rings (SSSR count). The fourth-order valence-electron chi connectivity index (χ4n) is 5.06. The van der Waals surface area contributed by atoms with Gasteiger partial charge < -0.3 is 0 Å². The second kappa shape index (κ2) is 7.85. The van der Waals surface area contributed by atoms with Crippen molar-refractivity contribution in [2.45, 2.75) is 13.8 Å². The summed E-state index contributed by atoms with van der Waals surface area (Å²) in [6, 6.07) is 11.5. The van der Waals surface area contributed by atoms with E-state index in [2.05, 4.69) is 23.1 Å². The third kappa shape index (κ3) is 2.78. The van der Waals surface area contributed by atoms with Gasteiger partial charge in [-0.2, -0.15) is 0 Å². The maximum atomic E-state index is 13.4. The molecule has 0 spiro atoms. The third-order valence-corrected chi connectivity index (χ3v) is 6.67. The van der Waals surface area contributed by atoms with Crippen molar-refractivity contribution in [3.63, 3.8) is 0 Å². The molecule has 0 saturated heterocycles. The van der Waals surface area contributed by atoms with Crippen LogP contribution in [0.15, 0.2) is 61.7 Å². The Balaban J connectivity index is 1.45. The zero-order chi connectivity index (χ0) is 25.1. The fourth-order valence-corrected chi connectivity index (χ4v) is 5.06. The SMILES string of the molecule is C=C/C=c1\c(=C/C)nc2n1C(=O)c1cc(-c3ccc4c(c3)C(=O)n3c-4nc(C=C)c3/C=C\C)ccc1-2. The molecule has 174 valence electrons. The molecule has 2 aromatic heterocycles. The van der Waals surface area contributed by atoms with Gasteiger partial charge in [-0.3, -0.25) is 18.7 Å². The molecule has 2 aliphatic heterocycles. The van der Waals surface area contributed by atoms with Gasteiger partial charge in [0, 0.05) is 11.1 Å². The molecule has 0 unspecified atom stereocenters. The van der Waals surface area contributed by atoms with Crippen LogP contribution in [-0.4, -0.2) is 30.9 Å². The number of allylic oxidation sites excluding steroid dienone is 2. The minimum absolute atomic E-state index is 0.124. The van der Waals surface area contributed by atoms with Crippen LogP contribution in [0.4, 0.5) is 0 Å². The van der Waals surface area contributed by atoms with E-state index in [1.165, 1.54) is 0 Å². The lowest BCUT2D eigenvalue weighted by Gasteiger charge is -2.07. The predicted molar refractivity (Wildman–Crippen MR) is 143 cm³/mol. The molecule has 0 N–H and O–H groups in total. The average Bonchev–Trinajstić information content (AvgIpc) is 3.59. The Bertz CT molecular complexity index is 1830. The predicted octanol–water partition coefficient (Wildman–Crippen LogP) is 4.53. The first kappa shape index (κ1) is 21.7. The van der Waals surface area contributed by atoms with Gasteiger partial charge in [-0.1, -0.05) is 43.5 Å².